The molecule has 0 saturated carbocycles. The van der Waals surface area contributed by atoms with Gasteiger partial charge in [-0.05, 0) is 25.0 Å². The first-order valence-electron chi connectivity index (χ1n) is 5.52. The lowest BCUT2D eigenvalue weighted by Crippen LogP contribution is -2.02. The average Bonchev–Trinajstić information content (AvgIpc) is 2.73. The molecule has 2 aromatic rings. The van der Waals surface area contributed by atoms with E-state index in [9.17, 15) is 0 Å². The lowest BCUT2D eigenvalue weighted by molar-refractivity contribution is 1.04. The van der Waals surface area contributed by atoms with E-state index in [0.29, 0.717) is 0 Å². The lowest BCUT2D eigenvalue weighted by atomic mass is 10.1. The Bertz CT molecular complexity index is 462. The third-order valence-corrected chi connectivity index (χ3v) is 3.35. The minimum absolute atomic E-state index is 0.807. The van der Waals surface area contributed by atoms with Crippen molar-refractivity contribution >= 4 is 17.0 Å². The molecule has 0 spiro atoms. The molecule has 1 heterocycles. The molecule has 0 unspecified atom stereocenters. The van der Waals surface area contributed by atoms with Gasteiger partial charge in [-0.1, -0.05) is 25.1 Å². The highest BCUT2D eigenvalue weighted by Gasteiger charge is 2.01. The summed E-state index contributed by atoms with van der Waals surface area (Å²) in [7, 11) is 0. The van der Waals surface area contributed by atoms with Crippen molar-refractivity contribution in [3.8, 4) is 0 Å². The van der Waals surface area contributed by atoms with Gasteiger partial charge in [0.2, 0.25) is 0 Å². The Balaban J connectivity index is 2.04. The van der Waals surface area contributed by atoms with Crippen molar-refractivity contribution in [2.75, 3.05) is 5.32 Å². The van der Waals surface area contributed by atoms with Crippen molar-refractivity contribution in [1.29, 1.82) is 0 Å². The van der Waals surface area contributed by atoms with Gasteiger partial charge in [-0.2, -0.15) is 0 Å². The summed E-state index contributed by atoms with van der Waals surface area (Å²) in [5, 5.41) is 6.67. The van der Waals surface area contributed by atoms with E-state index < -0.39 is 0 Å². The fourth-order valence-corrected chi connectivity index (χ4v) is 2.29. The SMILES string of the molecule is CCc1ccccc1NCc1csc(C)n1. The summed E-state index contributed by atoms with van der Waals surface area (Å²) >= 11 is 1.70. The topological polar surface area (TPSA) is 24.9 Å². The fraction of sp³-hybridized carbons (Fsp3) is 0.308. The quantitative estimate of drug-likeness (QED) is 0.870. The van der Waals surface area contributed by atoms with Crippen LogP contribution < -0.4 is 5.32 Å². The zero-order chi connectivity index (χ0) is 11.4. The van der Waals surface area contributed by atoms with E-state index in [4.69, 9.17) is 0 Å². The largest absolute Gasteiger partial charge is 0.379 e. The van der Waals surface area contributed by atoms with Crippen molar-refractivity contribution in [1.82, 2.24) is 4.98 Å². The van der Waals surface area contributed by atoms with Gasteiger partial charge in [0.05, 0.1) is 17.2 Å². The minimum atomic E-state index is 0.807. The molecule has 1 aromatic carbocycles. The molecule has 0 aliphatic rings. The monoisotopic (exact) mass is 232 g/mol. The summed E-state index contributed by atoms with van der Waals surface area (Å²) in [6.45, 7) is 5.02. The molecule has 16 heavy (non-hydrogen) atoms. The number of hydrogen-bond donors (Lipinski definition) is 1. The zero-order valence-electron chi connectivity index (χ0n) is 9.66. The van der Waals surface area contributed by atoms with Gasteiger partial charge >= 0.3 is 0 Å². The molecule has 0 radical (unpaired) electrons. The molecule has 0 saturated heterocycles. The van der Waals surface area contributed by atoms with E-state index in [1.165, 1.54) is 11.3 Å². The van der Waals surface area contributed by atoms with Crippen molar-refractivity contribution in [2.24, 2.45) is 0 Å². The van der Waals surface area contributed by atoms with E-state index in [2.05, 4.69) is 46.9 Å². The van der Waals surface area contributed by atoms with Crippen LogP contribution in [0.4, 0.5) is 5.69 Å². The Morgan fingerprint density at radius 1 is 1.31 bits per heavy atom. The molecule has 0 amide bonds. The number of nitrogens with zero attached hydrogens (tertiary/aromatic N) is 1. The molecule has 1 N–H and O–H groups in total. The number of thiazole rings is 1. The third kappa shape index (κ3) is 2.61. The van der Waals surface area contributed by atoms with Crippen LogP contribution in [0.25, 0.3) is 0 Å². The molecule has 0 aliphatic heterocycles. The van der Waals surface area contributed by atoms with Crippen LogP contribution in [0.1, 0.15) is 23.2 Å². The second kappa shape index (κ2) is 5.12. The van der Waals surface area contributed by atoms with Gasteiger partial charge in [-0.15, -0.1) is 11.3 Å². The zero-order valence-corrected chi connectivity index (χ0v) is 10.5. The van der Waals surface area contributed by atoms with Gasteiger partial charge in [-0.25, -0.2) is 4.98 Å². The number of para-hydroxylation sites is 1. The predicted molar refractivity (Wildman–Crippen MR) is 70.0 cm³/mol. The summed E-state index contributed by atoms with van der Waals surface area (Å²) in [6, 6.07) is 8.43. The smallest absolute Gasteiger partial charge is 0.0898 e. The molecular weight excluding hydrogens is 216 g/mol. The molecule has 0 bridgehead atoms. The van der Waals surface area contributed by atoms with Crippen LogP contribution in [0.5, 0.6) is 0 Å². The number of aromatic nitrogens is 1. The molecule has 1 aromatic heterocycles. The second-order valence-corrected chi connectivity index (χ2v) is 4.78. The van der Waals surface area contributed by atoms with Crippen LogP contribution in [0.3, 0.4) is 0 Å². The fourth-order valence-electron chi connectivity index (χ4n) is 1.68. The molecule has 0 fully saturated rings. The Morgan fingerprint density at radius 3 is 2.81 bits per heavy atom. The molecule has 0 atom stereocenters. The van der Waals surface area contributed by atoms with Crippen LogP contribution in [-0.2, 0) is 13.0 Å². The van der Waals surface area contributed by atoms with Crippen LogP contribution in [0.15, 0.2) is 29.6 Å². The predicted octanol–water partition coefficient (Wildman–Crippen LogP) is 3.63. The molecular formula is C13H16N2S. The first kappa shape index (κ1) is 11.1. The van der Waals surface area contributed by atoms with E-state index in [1.807, 2.05) is 6.92 Å². The first-order chi connectivity index (χ1) is 7.79. The van der Waals surface area contributed by atoms with Crippen LogP contribution >= 0.6 is 11.3 Å². The lowest BCUT2D eigenvalue weighted by Gasteiger charge is -2.09. The van der Waals surface area contributed by atoms with Gasteiger partial charge < -0.3 is 5.32 Å². The molecule has 84 valence electrons. The molecule has 2 rings (SSSR count). The Morgan fingerprint density at radius 2 is 2.12 bits per heavy atom. The standard InChI is InChI=1S/C13H16N2S/c1-3-11-6-4-5-7-13(11)14-8-12-9-16-10(2)15-12/h4-7,9,14H,3,8H2,1-2H3. The summed E-state index contributed by atoms with van der Waals surface area (Å²) in [4.78, 5) is 4.44. The molecule has 2 nitrogen and oxygen atoms in total. The second-order valence-electron chi connectivity index (χ2n) is 3.72. The van der Waals surface area contributed by atoms with Gasteiger partial charge in [0, 0.05) is 11.1 Å². The number of aryl methyl sites for hydroxylation is 2. The Kier molecular flexibility index (Phi) is 3.57. The van der Waals surface area contributed by atoms with Crippen molar-refractivity contribution < 1.29 is 0 Å². The first-order valence-corrected chi connectivity index (χ1v) is 6.40. The van der Waals surface area contributed by atoms with Crippen LogP contribution in [-0.4, -0.2) is 4.98 Å². The van der Waals surface area contributed by atoms with Gasteiger partial charge in [0.25, 0.3) is 0 Å². The van der Waals surface area contributed by atoms with Gasteiger partial charge in [-0.3, -0.25) is 0 Å². The Labute approximate surface area is 100 Å². The van der Waals surface area contributed by atoms with Crippen LogP contribution in [0, 0.1) is 6.92 Å². The van der Waals surface area contributed by atoms with E-state index in [-0.39, 0.29) is 0 Å². The van der Waals surface area contributed by atoms with Crippen molar-refractivity contribution in [2.45, 2.75) is 26.8 Å². The van der Waals surface area contributed by atoms with Gasteiger partial charge in [0.1, 0.15) is 0 Å². The van der Waals surface area contributed by atoms with E-state index >= 15 is 0 Å². The van der Waals surface area contributed by atoms with Gasteiger partial charge in [0.15, 0.2) is 0 Å². The number of nitrogens with one attached hydrogen (secondary N) is 1. The minimum Gasteiger partial charge on any atom is -0.379 e. The van der Waals surface area contributed by atoms with Crippen molar-refractivity contribution in [3.05, 3.63) is 45.9 Å². The third-order valence-electron chi connectivity index (χ3n) is 2.52. The molecule has 0 aliphatic carbocycles. The summed E-state index contributed by atoms with van der Waals surface area (Å²) in [5.74, 6) is 0. The number of hydrogen-bond acceptors (Lipinski definition) is 3. The van der Waals surface area contributed by atoms with E-state index in [1.54, 1.807) is 11.3 Å². The normalized spacial score (nSPS) is 10.4. The summed E-state index contributed by atoms with van der Waals surface area (Å²) in [5.41, 5.74) is 3.69. The highest BCUT2D eigenvalue weighted by Crippen LogP contribution is 2.17. The summed E-state index contributed by atoms with van der Waals surface area (Å²) in [6.07, 6.45) is 1.05. The maximum atomic E-state index is 4.44. The summed E-state index contributed by atoms with van der Waals surface area (Å²) < 4.78 is 0. The number of benzene rings is 1. The number of anilines is 1. The van der Waals surface area contributed by atoms with Crippen LogP contribution in [0.2, 0.25) is 0 Å². The molecule has 3 heteroatoms. The van der Waals surface area contributed by atoms with Crippen molar-refractivity contribution in [3.63, 3.8) is 0 Å². The number of rotatable bonds is 4. The van der Waals surface area contributed by atoms with E-state index in [0.717, 1.165) is 23.7 Å². The highest BCUT2D eigenvalue weighted by atomic mass is 32.1. The maximum Gasteiger partial charge on any atom is 0.0898 e. The average molecular weight is 232 g/mol. The highest BCUT2D eigenvalue weighted by molar-refractivity contribution is 7.09. The maximum absolute atomic E-state index is 4.44. The Hall–Kier alpha value is -1.35.